The molecule has 1 saturated heterocycles. The third kappa shape index (κ3) is 4.34. The zero-order chi connectivity index (χ0) is 20.5. The van der Waals surface area contributed by atoms with Gasteiger partial charge in [0.1, 0.15) is 16.5 Å². The van der Waals surface area contributed by atoms with Gasteiger partial charge in [0.15, 0.2) is 0 Å². The van der Waals surface area contributed by atoms with E-state index in [2.05, 4.69) is 5.32 Å². The van der Waals surface area contributed by atoms with Crippen molar-refractivity contribution in [2.45, 2.75) is 24.7 Å². The Morgan fingerprint density at radius 1 is 1.21 bits per heavy atom. The fourth-order valence-corrected chi connectivity index (χ4v) is 5.23. The molecule has 2 aromatic carbocycles. The third-order valence-corrected chi connectivity index (χ3v) is 6.96. The highest BCUT2D eigenvalue weighted by Crippen LogP contribution is 2.29. The second-order valence-corrected chi connectivity index (χ2v) is 9.15. The fraction of sp³-hybridized carbons (Fsp3) is 0.316. The summed E-state index contributed by atoms with van der Waals surface area (Å²) in [5.41, 5.74) is -0.215. The van der Waals surface area contributed by atoms with Gasteiger partial charge in [-0.25, -0.2) is 17.2 Å². The quantitative estimate of drug-likeness (QED) is 0.789. The topological polar surface area (TPSA) is 66.5 Å². The van der Waals surface area contributed by atoms with Crippen LogP contribution in [0.1, 0.15) is 30.1 Å². The first-order valence-electron chi connectivity index (χ1n) is 8.74. The maximum absolute atomic E-state index is 13.8. The molecule has 1 fully saturated rings. The number of carbonyl (C=O) groups is 1. The monoisotopic (exact) mass is 428 g/mol. The number of amides is 1. The maximum Gasteiger partial charge on any atom is 0.255 e. The Balaban J connectivity index is 1.89. The number of anilines is 1. The van der Waals surface area contributed by atoms with Gasteiger partial charge in [-0.15, -0.1) is 0 Å². The van der Waals surface area contributed by atoms with Gasteiger partial charge in [0.25, 0.3) is 5.91 Å². The average Bonchev–Trinajstić information content (AvgIpc) is 2.64. The van der Waals surface area contributed by atoms with Crippen LogP contribution >= 0.6 is 11.6 Å². The van der Waals surface area contributed by atoms with Crippen LogP contribution in [0.5, 0.6) is 0 Å². The summed E-state index contributed by atoms with van der Waals surface area (Å²) in [6.07, 6.45) is 1.70. The highest BCUT2D eigenvalue weighted by Gasteiger charge is 2.31. The van der Waals surface area contributed by atoms with Crippen molar-refractivity contribution in [3.63, 3.8) is 0 Å². The first-order valence-corrected chi connectivity index (χ1v) is 10.6. The van der Waals surface area contributed by atoms with E-state index in [1.165, 1.54) is 22.5 Å². The molecule has 1 atom stereocenters. The van der Waals surface area contributed by atoms with E-state index in [0.717, 1.165) is 25.0 Å². The summed E-state index contributed by atoms with van der Waals surface area (Å²) in [5.74, 6) is -2.20. The number of benzene rings is 2. The lowest BCUT2D eigenvalue weighted by Crippen LogP contribution is -2.39. The van der Waals surface area contributed by atoms with Gasteiger partial charge in [-0.05, 0) is 49.1 Å². The predicted molar refractivity (Wildman–Crippen MR) is 103 cm³/mol. The minimum atomic E-state index is -3.87. The number of hydrogen-bond acceptors (Lipinski definition) is 3. The van der Waals surface area contributed by atoms with Crippen LogP contribution in [0.4, 0.5) is 14.5 Å². The van der Waals surface area contributed by atoms with Crippen LogP contribution in [0.15, 0.2) is 41.3 Å². The molecule has 2 aromatic rings. The van der Waals surface area contributed by atoms with Gasteiger partial charge >= 0.3 is 0 Å². The van der Waals surface area contributed by atoms with E-state index < -0.39 is 27.6 Å². The van der Waals surface area contributed by atoms with Crippen molar-refractivity contribution in [1.82, 2.24) is 4.31 Å². The van der Waals surface area contributed by atoms with E-state index in [0.29, 0.717) is 19.2 Å². The van der Waals surface area contributed by atoms with E-state index in [9.17, 15) is 22.0 Å². The van der Waals surface area contributed by atoms with Crippen molar-refractivity contribution in [2.75, 3.05) is 18.4 Å². The molecule has 1 aliphatic heterocycles. The Kier molecular flexibility index (Phi) is 6.02. The normalized spacial score (nSPS) is 18.1. The lowest BCUT2D eigenvalue weighted by atomic mass is 10.0. The maximum atomic E-state index is 13.8. The minimum absolute atomic E-state index is 0.00254. The van der Waals surface area contributed by atoms with E-state index in [1.807, 2.05) is 6.92 Å². The van der Waals surface area contributed by atoms with Gasteiger partial charge in [0, 0.05) is 24.7 Å². The van der Waals surface area contributed by atoms with Crippen molar-refractivity contribution in [3.8, 4) is 0 Å². The van der Waals surface area contributed by atoms with E-state index in [-0.39, 0.29) is 27.1 Å². The minimum Gasteiger partial charge on any atom is -0.319 e. The third-order valence-electron chi connectivity index (χ3n) is 4.61. The fourth-order valence-electron chi connectivity index (χ4n) is 3.13. The SMILES string of the molecule is C[C@@H]1CCCN(S(=O)(=O)c2cc(C(=O)Nc3ccc(F)cc3F)ccc2Cl)C1. The molecular formula is C19H19ClF2N2O3S. The van der Waals surface area contributed by atoms with Gasteiger partial charge in [-0.1, -0.05) is 18.5 Å². The first kappa shape index (κ1) is 20.7. The van der Waals surface area contributed by atoms with E-state index in [1.54, 1.807) is 0 Å². The molecule has 1 heterocycles. The van der Waals surface area contributed by atoms with Crippen molar-refractivity contribution < 1.29 is 22.0 Å². The van der Waals surface area contributed by atoms with E-state index in [4.69, 9.17) is 11.6 Å². The molecule has 0 spiro atoms. The summed E-state index contributed by atoms with van der Waals surface area (Å²) in [7, 11) is -3.87. The standard InChI is InChI=1S/C19H19ClF2N2O3S/c1-12-3-2-8-24(11-12)28(26,27)18-9-13(4-6-15(18)20)19(25)23-17-7-5-14(21)10-16(17)22/h4-7,9-10,12H,2-3,8,11H2,1H3,(H,23,25)/t12-/m1/s1. The lowest BCUT2D eigenvalue weighted by Gasteiger charge is -2.30. The number of nitrogens with one attached hydrogen (secondary N) is 1. The largest absolute Gasteiger partial charge is 0.319 e. The Labute approximate surface area is 167 Å². The summed E-state index contributed by atoms with van der Waals surface area (Å²) in [5, 5.41) is 2.31. The number of carbonyl (C=O) groups excluding carboxylic acids is 1. The molecule has 28 heavy (non-hydrogen) atoms. The molecule has 1 aliphatic rings. The van der Waals surface area contributed by atoms with Gasteiger partial charge < -0.3 is 5.32 Å². The Bertz CT molecular complexity index is 1010. The van der Waals surface area contributed by atoms with Crippen molar-refractivity contribution in [3.05, 3.63) is 58.6 Å². The number of halogens is 3. The van der Waals surface area contributed by atoms with Gasteiger partial charge in [0.05, 0.1) is 10.7 Å². The summed E-state index contributed by atoms with van der Waals surface area (Å²) < 4.78 is 54.1. The molecule has 1 amide bonds. The molecule has 3 rings (SSSR count). The van der Waals surface area contributed by atoms with Crippen LogP contribution < -0.4 is 5.32 Å². The summed E-state index contributed by atoms with van der Waals surface area (Å²) in [6.45, 7) is 2.75. The molecule has 5 nitrogen and oxygen atoms in total. The Morgan fingerprint density at radius 3 is 2.64 bits per heavy atom. The smallest absolute Gasteiger partial charge is 0.255 e. The second kappa shape index (κ2) is 8.14. The zero-order valence-electron chi connectivity index (χ0n) is 15.1. The van der Waals surface area contributed by atoms with Gasteiger partial charge in [0.2, 0.25) is 10.0 Å². The van der Waals surface area contributed by atoms with Crippen LogP contribution in [-0.4, -0.2) is 31.7 Å². The second-order valence-electron chi connectivity index (χ2n) is 6.83. The molecule has 0 saturated carbocycles. The van der Waals surface area contributed by atoms with Crippen molar-refractivity contribution >= 4 is 33.2 Å². The molecule has 0 aromatic heterocycles. The van der Waals surface area contributed by atoms with Crippen LogP contribution in [0.2, 0.25) is 5.02 Å². The average molecular weight is 429 g/mol. The van der Waals surface area contributed by atoms with Crippen LogP contribution in [0.3, 0.4) is 0 Å². The molecule has 150 valence electrons. The van der Waals surface area contributed by atoms with Crippen molar-refractivity contribution in [2.24, 2.45) is 5.92 Å². The Morgan fingerprint density at radius 2 is 1.96 bits per heavy atom. The number of piperidine rings is 1. The van der Waals surface area contributed by atoms with E-state index >= 15 is 0 Å². The molecule has 0 bridgehead atoms. The van der Waals surface area contributed by atoms with Crippen molar-refractivity contribution in [1.29, 1.82) is 0 Å². The molecule has 0 unspecified atom stereocenters. The Hall–Kier alpha value is -2.03. The first-order chi connectivity index (χ1) is 13.2. The number of rotatable bonds is 4. The number of sulfonamides is 1. The summed E-state index contributed by atoms with van der Waals surface area (Å²) in [4.78, 5) is 12.3. The van der Waals surface area contributed by atoms with Gasteiger partial charge in [-0.2, -0.15) is 4.31 Å². The molecular weight excluding hydrogens is 410 g/mol. The number of nitrogens with zero attached hydrogens (tertiary/aromatic N) is 1. The van der Waals surface area contributed by atoms with Crippen LogP contribution in [0.25, 0.3) is 0 Å². The van der Waals surface area contributed by atoms with Crippen LogP contribution in [-0.2, 0) is 10.0 Å². The summed E-state index contributed by atoms with van der Waals surface area (Å²) in [6, 6.07) is 6.58. The zero-order valence-corrected chi connectivity index (χ0v) is 16.7. The molecule has 9 heteroatoms. The highest BCUT2D eigenvalue weighted by molar-refractivity contribution is 7.89. The molecule has 1 N–H and O–H groups in total. The molecule has 0 aliphatic carbocycles. The predicted octanol–water partition coefficient (Wildman–Crippen LogP) is 4.29. The highest BCUT2D eigenvalue weighted by atomic mass is 35.5. The lowest BCUT2D eigenvalue weighted by molar-refractivity contribution is 0.102. The number of hydrogen-bond donors (Lipinski definition) is 1. The molecule has 0 radical (unpaired) electrons. The van der Waals surface area contributed by atoms with Crippen LogP contribution in [0, 0.1) is 17.6 Å². The summed E-state index contributed by atoms with van der Waals surface area (Å²) >= 11 is 6.10. The van der Waals surface area contributed by atoms with Gasteiger partial charge in [-0.3, -0.25) is 4.79 Å².